The van der Waals surface area contributed by atoms with E-state index in [-0.39, 0.29) is 6.04 Å². The summed E-state index contributed by atoms with van der Waals surface area (Å²) in [7, 11) is 1.60. The first kappa shape index (κ1) is 12.7. The molecule has 2 unspecified atom stereocenters. The van der Waals surface area contributed by atoms with Crippen molar-refractivity contribution in [2.24, 2.45) is 0 Å². The number of methoxy groups -OCH3 is 1. The summed E-state index contributed by atoms with van der Waals surface area (Å²) in [5, 5.41) is 12.0. The highest BCUT2D eigenvalue weighted by Crippen LogP contribution is 2.34. The Morgan fingerprint density at radius 1 is 1.61 bits per heavy atom. The van der Waals surface area contributed by atoms with Crippen LogP contribution in [0.15, 0.2) is 18.2 Å². The number of aliphatic carboxylic acids is 1. The van der Waals surface area contributed by atoms with Crippen LogP contribution in [0.4, 0.5) is 0 Å². The van der Waals surface area contributed by atoms with E-state index in [1.807, 2.05) is 18.2 Å². The lowest BCUT2D eigenvalue weighted by Gasteiger charge is -2.28. The van der Waals surface area contributed by atoms with Crippen LogP contribution in [0, 0.1) is 0 Å². The monoisotopic (exact) mass is 251 g/mol. The maximum Gasteiger partial charge on any atom is 0.320 e. The molecule has 2 rings (SSSR count). The molecule has 1 aliphatic heterocycles. The molecule has 0 radical (unpaired) electrons. The maximum atomic E-state index is 10.9. The van der Waals surface area contributed by atoms with E-state index in [0.717, 1.165) is 23.5 Å². The van der Waals surface area contributed by atoms with Crippen molar-refractivity contribution in [2.45, 2.75) is 25.4 Å². The number of carboxylic acid groups (broad SMARTS) is 1. The third-order valence-electron chi connectivity index (χ3n) is 3.08. The topological polar surface area (TPSA) is 67.8 Å². The van der Waals surface area contributed by atoms with Crippen LogP contribution in [0.5, 0.6) is 11.5 Å². The number of hydrogen-bond acceptors (Lipinski definition) is 4. The van der Waals surface area contributed by atoms with Gasteiger partial charge in [-0.1, -0.05) is 0 Å². The summed E-state index contributed by atoms with van der Waals surface area (Å²) in [6.07, 6.45) is 0.748. The molecule has 1 aliphatic rings. The van der Waals surface area contributed by atoms with Gasteiger partial charge in [0.25, 0.3) is 0 Å². The number of rotatable bonds is 4. The summed E-state index contributed by atoms with van der Waals surface area (Å²) in [4.78, 5) is 10.9. The van der Waals surface area contributed by atoms with Gasteiger partial charge in [0, 0.05) is 18.0 Å². The first-order valence-electron chi connectivity index (χ1n) is 5.91. The summed E-state index contributed by atoms with van der Waals surface area (Å²) in [5.41, 5.74) is 0.953. The maximum absolute atomic E-state index is 10.9. The zero-order chi connectivity index (χ0) is 13.1. The van der Waals surface area contributed by atoms with E-state index in [0.29, 0.717) is 6.61 Å². The standard InChI is InChI=1S/C13H17NO4/c1-8(13(15)16)14-11-5-6-18-12-4-3-9(17-2)7-10(11)12/h3-4,7-8,11,14H,5-6H2,1-2H3,(H,15,16). The van der Waals surface area contributed by atoms with Crippen molar-refractivity contribution >= 4 is 5.97 Å². The van der Waals surface area contributed by atoms with Gasteiger partial charge in [0.1, 0.15) is 17.5 Å². The Kier molecular flexibility index (Phi) is 3.72. The Balaban J connectivity index is 2.23. The fraction of sp³-hybridized carbons (Fsp3) is 0.462. The van der Waals surface area contributed by atoms with Crippen molar-refractivity contribution in [3.05, 3.63) is 23.8 Å². The number of fused-ring (bicyclic) bond motifs is 1. The van der Waals surface area contributed by atoms with Crippen LogP contribution in [0.3, 0.4) is 0 Å². The molecule has 0 aliphatic carbocycles. The van der Waals surface area contributed by atoms with Gasteiger partial charge in [-0.05, 0) is 25.1 Å². The van der Waals surface area contributed by atoms with Crippen LogP contribution >= 0.6 is 0 Å². The molecule has 2 atom stereocenters. The van der Waals surface area contributed by atoms with Crippen LogP contribution in [-0.2, 0) is 4.79 Å². The molecule has 0 bridgehead atoms. The van der Waals surface area contributed by atoms with Crippen LogP contribution in [0.2, 0.25) is 0 Å². The molecule has 0 fully saturated rings. The zero-order valence-corrected chi connectivity index (χ0v) is 10.5. The Morgan fingerprint density at radius 2 is 2.39 bits per heavy atom. The lowest BCUT2D eigenvalue weighted by atomic mass is 9.99. The molecule has 98 valence electrons. The third kappa shape index (κ3) is 2.56. The summed E-state index contributed by atoms with van der Waals surface area (Å²) in [6, 6.07) is 4.97. The van der Waals surface area contributed by atoms with Gasteiger partial charge >= 0.3 is 5.97 Å². The molecule has 1 heterocycles. The number of nitrogens with one attached hydrogen (secondary N) is 1. The van der Waals surface area contributed by atoms with Gasteiger partial charge in [-0.15, -0.1) is 0 Å². The van der Waals surface area contributed by atoms with Gasteiger partial charge in [0.15, 0.2) is 0 Å². The van der Waals surface area contributed by atoms with Gasteiger partial charge in [-0.25, -0.2) is 0 Å². The van der Waals surface area contributed by atoms with Crippen LogP contribution in [-0.4, -0.2) is 30.8 Å². The van der Waals surface area contributed by atoms with E-state index in [1.54, 1.807) is 14.0 Å². The van der Waals surface area contributed by atoms with E-state index >= 15 is 0 Å². The quantitative estimate of drug-likeness (QED) is 0.850. The summed E-state index contributed by atoms with van der Waals surface area (Å²) >= 11 is 0. The highest BCUT2D eigenvalue weighted by Gasteiger charge is 2.25. The van der Waals surface area contributed by atoms with Gasteiger partial charge in [0.2, 0.25) is 0 Å². The fourth-order valence-corrected chi connectivity index (χ4v) is 2.05. The second kappa shape index (κ2) is 5.27. The van der Waals surface area contributed by atoms with Crippen LogP contribution in [0.1, 0.15) is 24.9 Å². The predicted octanol–water partition coefficient (Wildman–Crippen LogP) is 1.58. The molecule has 0 aromatic heterocycles. The molecule has 18 heavy (non-hydrogen) atoms. The van der Waals surface area contributed by atoms with Gasteiger partial charge < -0.3 is 14.6 Å². The normalized spacial score (nSPS) is 19.6. The number of carbonyl (C=O) groups is 1. The molecule has 5 nitrogen and oxygen atoms in total. The van der Waals surface area contributed by atoms with Crippen molar-refractivity contribution in [3.63, 3.8) is 0 Å². The van der Waals surface area contributed by atoms with E-state index < -0.39 is 12.0 Å². The minimum absolute atomic E-state index is 0.0186. The van der Waals surface area contributed by atoms with Crippen molar-refractivity contribution in [2.75, 3.05) is 13.7 Å². The second-order valence-electron chi connectivity index (χ2n) is 4.32. The molecular formula is C13H17NO4. The highest BCUT2D eigenvalue weighted by atomic mass is 16.5. The second-order valence-corrected chi connectivity index (χ2v) is 4.32. The van der Waals surface area contributed by atoms with E-state index in [9.17, 15) is 4.79 Å². The third-order valence-corrected chi connectivity index (χ3v) is 3.08. The van der Waals surface area contributed by atoms with Crippen molar-refractivity contribution < 1.29 is 19.4 Å². The number of carboxylic acids is 1. The van der Waals surface area contributed by atoms with Gasteiger partial charge in [-0.2, -0.15) is 0 Å². The fourth-order valence-electron chi connectivity index (χ4n) is 2.05. The van der Waals surface area contributed by atoms with Crippen molar-refractivity contribution in [1.29, 1.82) is 0 Å². The molecule has 0 saturated carbocycles. The number of ether oxygens (including phenoxy) is 2. The molecule has 2 N–H and O–H groups in total. The predicted molar refractivity (Wildman–Crippen MR) is 66.1 cm³/mol. The van der Waals surface area contributed by atoms with Crippen molar-refractivity contribution in [1.82, 2.24) is 5.32 Å². The lowest BCUT2D eigenvalue weighted by Crippen LogP contribution is -2.38. The van der Waals surface area contributed by atoms with Crippen LogP contribution in [0.25, 0.3) is 0 Å². The molecule has 1 aromatic carbocycles. The smallest absolute Gasteiger partial charge is 0.320 e. The minimum Gasteiger partial charge on any atom is -0.497 e. The summed E-state index contributed by atoms with van der Waals surface area (Å²) in [5.74, 6) is 0.678. The number of benzene rings is 1. The molecule has 0 saturated heterocycles. The Labute approximate surface area is 106 Å². The average molecular weight is 251 g/mol. The first-order valence-corrected chi connectivity index (χ1v) is 5.91. The molecule has 0 amide bonds. The SMILES string of the molecule is COc1ccc2c(c1)C(NC(C)C(=O)O)CCO2. The lowest BCUT2D eigenvalue weighted by molar-refractivity contribution is -0.139. The van der Waals surface area contributed by atoms with Crippen LogP contribution < -0.4 is 14.8 Å². The Bertz CT molecular complexity index is 447. The summed E-state index contributed by atoms with van der Waals surface area (Å²) in [6.45, 7) is 2.22. The van der Waals surface area contributed by atoms with Gasteiger partial charge in [0.05, 0.1) is 13.7 Å². The van der Waals surface area contributed by atoms with Gasteiger partial charge in [-0.3, -0.25) is 10.1 Å². The highest BCUT2D eigenvalue weighted by molar-refractivity contribution is 5.73. The Morgan fingerprint density at radius 3 is 3.06 bits per heavy atom. The Hall–Kier alpha value is -1.75. The van der Waals surface area contributed by atoms with E-state index in [4.69, 9.17) is 14.6 Å². The first-order chi connectivity index (χ1) is 8.61. The molecular weight excluding hydrogens is 234 g/mol. The summed E-state index contributed by atoms with van der Waals surface area (Å²) < 4.78 is 10.7. The molecule has 1 aromatic rings. The minimum atomic E-state index is -0.856. The zero-order valence-electron chi connectivity index (χ0n) is 10.5. The van der Waals surface area contributed by atoms with Crippen molar-refractivity contribution in [3.8, 4) is 11.5 Å². The molecule has 0 spiro atoms. The number of hydrogen-bond donors (Lipinski definition) is 2. The van der Waals surface area contributed by atoms with E-state index in [1.165, 1.54) is 0 Å². The average Bonchev–Trinajstić information content (AvgIpc) is 2.38. The van der Waals surface area contributed by atoms with E-state index in [2.05, 4.69) is 5.32 Å². The molecule has 5 heteroatoms. The largest absolute Gasteiger partial charge is 0.497 e.